The molecule has 142 valence electrons. The molecule has 1 aromatic carbocycles. The Morgan fingerprint density at radius 3 is 2.86 bits per heavy atom. The average Bonchev–Trinajstić information content (AvgIpc) is 3.17. The van der Waals surface area contributed by atoms with Gasteiger partial charge in [-0.25, -0.2) is 15.0 Å². The molecule has 1 fully saturated rings. The van der Waals surface area contributed by atoms with Crippen molar-refractivity contribution in [1.29, 1.82) is 0 Å². The van der Waals surface area contributed by atoms with Gasteiger partial charge < -0.3 is 16.0 Å². The fourth-order valence-corrected chi connectivity index (χ4v) is 3.65. The van der Waals surface area contributed by atoms with E-state index in [0.29, 0.717) is 25.0 Å². The molecule has 0 spiro atoms. The van der Waals surface area contributed by atoms with E-state index in [1.54, 1.807) is 12.4 Å². The molecule has 0 saturated carbocycles. The summed E-state index contributed by atoms with van der Waals surface area (Å²) in [5, 5.41) is 5.77. The van der Waals surface area contributed by atoms with E-state index in [1.807, 2.05) is 6.20 Å². The van der Waals surface area contributed by atoms with Crippen LogP contribution in [0.25, 0.3) is 10.8 Å². The first-order valence-electron chi connectivity index (χ1n) is 9.25. The Balaban J connectivity index is 1.50. The van der Waals surface area contributed by atoms with Crippen molar-refractivity contribution in [3.63, 3.8) is 0 Å². The van der Waals surface area contributed by atoms with Gasteiger partial charge >= 0.3 is 0 Å². The second-order valence-electron chi connectivity index (χ2n) is 6.73. The summed E-state index contributed by atoms with van der Waals surface area (Å²) in [5.41, 5.74) is 6.63. The molecule has 2 aromatic heterocycles. The van der Waals surface area contributed by atoms with Crippen molar-refractivity contribution in [3.8, 4) is 11.8 Å². The molecular formula is C21H21BrN6. The summed E-state index contributed by atoms with van der Waals surface area (Å²) in [6.07, 6.45) is 7.12. The Labute approximate surface area is 172 Å². The average molecular weight is 437 g/mol. The molecule has 0 aliphatic carbocycles. The molecule has 7 heteroatoms. The lowest BCUT2D eigenvalue weighted by Gasteiger charge is -2.20. The number of anilines is 2. The minimum absolute atomic E-state index is 0.295. The van der Waals surface area contributed by atoms with Crippen molar-refractivity contribution >= 4 is 38.5 Å². The number of nitrogens with zero attached hydrogens (tertiary/aromatic N) is 4. The highest BCUT2D eigenvalue weighted by atomic mass is 79.9. The van der Waals surface area contributed by atoms with Crippen molar-refractivity contribution in [1.82, 2.24) is 15.0 Å². The van der Waals surface area contributed by atoms with Gasteiger partial charge in [0.15, 0.2) is 0 Å². The van der Waals surface area contributed by atoms with Crippen LogP contribution in [0.15, 0.2) is 47.3 Å². The van der Waals surface area contributed by atoms with Gasteiger partial charge in [0.1, 0.15) is 5.82 Å². The Hall–Kier alpha value is -2.69. The SMILES string of the molecule is NCC#CCc1ccc2c(N3CC[C@@H](Nc4ncc(Br)cn4)C3)nccc2c1. The molecule has 0 amide bonds. The van der Waals surface area contributed by atoms with E-state index >= 15 is 0 Å². The molecule has 0 bridgehead atoms. The number of pyridine rings is 1. The Bertz CT molecular complexity index is 1020. The molecule has 1 aliphatic rings. The van der Waals surface area contributed by atoms with Crippen LogP contribution in [-0.4, -0.2) is 40.6 Å². The summed E-state index contributed by atoms with van der Waals surface area (Å²) in [6.45, 7) is 2.22. The van der Waals surface area contributed by atoms with E-state index < -0.39 is 0 Å². The van der Waals surface area contributed by atoms with Gasteiger partial charge in [0.05, 0.1) is 11.0 Å². The van der Waals surface area contributed by atoms with Gasteiger partial charge in [-0.15, -0.1) is 0 Å². The van der Waals surface area contributed by atoms with Gasteiger partial charge in [-0.05, 0) is 45.4 Å². The Morgan fingerprint density at radius 2 is 2.04 bits per heavy atom. The molecule has 1 atom stereocenters. The number of fused-ring (bicyclic) bond motifs is 1. The summed E-state index contributed by atoms with van der Waals surface area (Å²) >= 11 is 3.36. The van der Waals surface area contributed by atoms with Crippen LogP contribution >= 0.6 is 15.9 Å². The lowest BCUT2D eigenvalue weighted by Crippen LogP contribution is -2.27. The third kappa shape index (κ3) is 4.24. The molecule has 1 aliphatic heterocycles. The molecule has 4 rings (SSSR count). The lowest BCUT2D eigenvalue weighted by atomic mass is 10.1. The molecule has 3 heterocycles. The first-order chi connectivity index (χ1) is 13.7. The standard InChI is InChI=1S/C21H21BrN6/c22-17-12-25-21(26-13-17)27-18-7-10-28(14-18)20-19-5-4-15(3-1-2-8-23)11-16(19)6-9-24-20/h4-6,9,11-13,18H,3,7-8,10,14,23H2,(H,25,26,27)/t18-/m1/s1. The highest BCUT2D eigenvalue weighted by Gasteiger charge is 2.25. The normalized spacial score (nSPS) is 16.1. The predicted molar refractivity (Wildman–Crippen MR) is 116 cm³/mol. The third-order valence-corrected chi connectivity index (χ3v) is 5.18. The van der Waals surface area contributed by atoms with Gasteiger partial charge in [-0.1, -0.05) is 24.0 Å². The van der Waals surface area contributed by atoms with E-state index in [9.17, 15) is 0 Å². The van der Waals surface area contributed by atoms with Crippen LogP contribution < -0.4 is 16.0 Å². The monoisotopic (exact) mass is 436 g/mol. The number of nitrogens with two attached hydrogens (primary N) is 1. The zero-order chi connectivity index (χ0) is 19.3. The van der Waals surface area contributed by atoms with Crippen molar-refractivity contribution < 1.29 is 0 Å². The van der Waals surface area contributed by atoms with E-state index in [-0.39, 0.29) is 0 Å². The van der Waals surface area contributed by atoms with Gasteiger partial charge in [0, 0.05) is 49.5 Å². The number of aromatic nitrogens is 3. The number of halogens is 1. The molecule has 6 nitrogen and oxygen atoms in total. The largest absolute Gasteiger partial charge is 0.354 e. The zero-order valence-electron chi connectivity index (χ0n) is 15.4. The molecular weight excluding hydrogens is 416 g/mol. The highest BCUT2D eigenvalue weighted by molar-refractivity contribution is 9.10. The van der Waals surface area contributed by atoms with E-state index in [1.165, 1.54) is 16.3 Å². The second-order valence-corrected chi connectivity index (χ2v) is 7.64. The van der Waals surface area contributed by atoms with Crippen molar-refractivity contribution in [2.45, 2.75) is 18.9 Å². The first kappa shape index (κ1) is 18.7. The van der Waals surface area contributed by atoms with Crippen LogP contribution in [-0.2, 0) is 6.42 Å². The summed E-state index contributed by atoms with van der Waals surface area (Å²) < 4.78 is 0.874. The summed E-state index contributed by atoms with van der Waals surface area (Å²) in [5.74, 6) is 7.69. The molecule has 1 saturated heterocycles. The van der Waals surface area contributed by atoms with Crippen LogP contribution in [0.1, 0.15) is 12.0 Å². The molecule has 0 radical (unpaired) electrons. The minimum Gasteiger partial charge on any atom is -0.354 e. The summed E-state index contributed by atoms with van der Waals surface area (Å²) in [4.78, 5) is 15.6. The van der Waals surface area contributed by atoms with Gasteiger partial charge in [0.25, 0.3) is 0 Å². The van der Waals surface area contributed by atoms with Gasteiger partial charge in [0.2, 0.25) is 5.95 Å². The maximum Gasteiger partial charge on any atom is 0.222 e. The second kappa shape index (κ2) is 8.55. The molecule has 3 aromatic rings. The van der Waals surface area contributed by atoms with Crippen LogP contribution in [0.5, 0.6) is 0 Å². The van der Waals surface area contributed by atoms with Crippen LogP contribution in [0.2, 0.25) is 0 Å². The zero-order valence-corrected chi connectivity index (χ0v) is 17.0. The highest BCUT2D eigenvalue weighted by Crippen LogP contribution is 2.28. The fourth-order valence-electron chi connectivity index (χ4n) is 3.45. The smallest absolute Gasteiger partial charge is 0.222 e. The summed E-state index contributed by atoms with van der Waals surface area (Å²) in [6, 6.07) is 8.81. The number of rotatable bonds is 4. The van der Waals surface area contributed by atoms with Gasteiger partial charge in [-0.3, -0.25) is 0 Å². The number of benzene rings is 1. The molecule has 0 unspecified atom stereocenters. The molecule has 28 heavy (non-hydrogen) atoms. The predicted octanol–water partition coefficient (Wildman–Crippen LogP) is 2.98. The van der Waals surface area contributed by atoms with E-state index in [2.05, 4.69) is 77.2 Å². The van der Waals surface area contributed by atoms with E-state index in [4.69, 9.17) is 5.73 Å². The Morgan fingerprint density at radius 1 is 1.18 bits per heavy atom. The van der Waals surface area contributed by atoms with Crippen LogP contribution in [0.4, 0.5) is 11.8 Å². The maximum absolute atomic E-state index is 5.44. The number of hydrogen-bond acceptors (Lipinski definition) is 6. The molecule has 3 N–H and O–H groups in total. The topological polar surface area (TPSA) is 80.0 Å². The van der Waals surface area contributed by atoms with Crippen molar-refractivity contribution in [2.24, 2.45) is 5.73 Å². The van der Waals surface area contributed by atoms with Crippen molar-refractivity contribution in [3.05, 3.63) is 52.9 Å². The Kier molecular flexibility index (Phi) is 5.70. The first-order valence-corrected chi connectivity index (χ1v) is 10.0. The fraction of sp³-hybridized carbons (Fsp3) is 0.286. The van der Waals surface area contributed by atoms with Crippen LogP contribution in [0.3, 0.4) is 0 Å². The quantitative estimate of drug-likeness (QED) is 0.611. The van der Waals surface area contributed by atoms with E-state index in [0.717, 1.165) is 29.8 Å². The maximum atomic E-state index is 5.44. The number of nitrogens with one attached hydrogen (secondary N) is 1. The van der Waals surface area contributed by atoms with Crippen molar-refractivity contribution in [2.75, 3.05) is 29.9 Å². The van der Waals surface area contributed by atoms with Gasteiger partial charge in [-0.2, -0.15) is 0 Å². The number of hydrogen-bond donors (Lipinski definition) is 2. The minimum atomic E-state index is 0.295. The van der Waals surface area contributed by atoms with Crippen LogP contribution in [0, 0.1) is 11.8 Å². The lowest BCUT2D eigenvalue weighted by molar-refractivity contribution is 0.791. The summed E-state index contributed by atoms with van der Waals surface area (Å²) in [7, 11) is 0. The third-order valence-electron chi connectivity index (χ3n) is 4.77.